The average molecular weight is 1050 g/mol. The summed E-state index contributed by atoms with van der Waals surface area (Å²) in [7, 11) is 2.00. The molecule has 5 rings (SSSR count). The van der Waals surface area contributed by atoms with Crippen LogP contribution in [-0.4, -0.2) is 129 Å². The summed E-state index contributed by atoms with van der Waals surface area (Å²) in [6.45, 7) is 6.51. The highest BCUT2D eigenvalue weighted by Crippen LogP contribution is 2.31. The summed E-state index contributed by atoms with van der Waals surface area (Å²) in [5, 5.41) is 46.9. The smallest absolute Gasteiger partial charge is 0.407 e. The maximum Gasteiger partial charge on any atom is 0.407 e. The maximum atomic E-state index is 14.8. The van der Waals surface area contributed by atoms with Gasteiger partial charge in [-0.2, -0.15) is 0 Å². The van der Waals surface area contributed by atoms with Crippen molar-refractivity contribution in [1.82, 2.24) is 31.9 Å². The van der Waals surface area contributed by atoms with Gasteiger partial charge in [0.15, 0.2) is 5.78 Å². The molecule has 1 aliphatic heterocycles. The summed E-state index contributed by atoms with van der Waals surface area (Å²) < 4.78 is 5.31. The molecule has 2 aliphatic rings. The van der Waals surface area contributed by atoms with Crippen LogP contribution in [-0.2, 0) is 57.6 Å². The number of phenolic OH excluding ortho intramolecular Hbond substituents is 1. The number of nitrogens with one attached hydrogen (secondary N) is 6. The fourth-order valence-electron chi connectivity index (χ4n) is 8.13. The first-order valence-corrected chi connectivity index (χ1v) is 26.7. The number of unbranched alkanes of at least 4 members (excludes halogenated alkanes) is 1. The third kappa shape index (κ3) is 18.5. The summed E-state index contributed by atoms with van der Waals surface area (Å²) in [6.07, 6.45) is 0.366. The number of nitrogens with two attached hydrogens (primary N) is 1. The molecule has 3 aromatic rings. The zero-order chi connectivity index (χ0) is 53.2. The molecule has 0 spiro atoms. The summed E-state index contributed by atoms with van der Waals surface area (Å²) in [4.78, 5) is 111. The van der Waals surface area contributed by atoms with Crippen LogP contribution in [0.25, 0.3) is 5.57 Å². The fraction of sp³-hybridized carbons (Fsp3) is 0.462. The third-order valence-electron chi connectivity index (χ3n) is 12.0. The van der Waals surface area contributed by atoms with Crippen molar-refractivity contribution in [2.75, 3.05) is 18.1 Å². The van der Waals surface area contributed by atoms with Gasteiger partial charge in [-0.3, -0.25) is 28.8 Å². The number of carbonyl (C=O) groups excluding carboxylic acids is 7. The lowest BCUT2D eigenvalue weighted by molar-refractivity contribution is -0.142. The van der Waals surface area contributed by atoms with Crippen LogP contribution >= 0.6 is 21.6 Å². The number of Topliss-reactive ketones (excluding diaryl/α,β-unsaturated/α-hetero) is 1. The van der Waals surface area contributed by atoms with Crippen LogP contribution in [0.4, 0.5) is 4.79 Å². The topological polar surface area (TPSA) is 305 Å². The number of carbonyl (C=O) groups is 8. The predicted molar refractivity (Wildman–Crippen MR) is 278 cm³/mol. The molecule has 11 N–H and O–H groups in total. The van der Waals surface area contributed by atoms with E-state index in [1.165, 1.54) is 19.1 Å². The molecule has 1 aliphatic carbocycles. The lowest BCUT2D eigenvalue weighted by Crippen LogP contribution is -2.60. The quantitative estimate of drug-likeness (QED) is 0.0773. The molecule has 394 valence electrons. The van der Waals surface area contributed by atoms with Gasteiger partial charge in [-0.15, -0.1) is 0 Å². The van der Waals surface area contributed by atoms with E-state index in [9.17, 15) is 53.7 Å². The highest BCUT2D eigenvalue weighted by Gasteiger charge is 2.36. The van der Waals surface area contributed by atoms with Crippen LogP contribution in [0.2, 0.25) is 0 Å². The second-order valence-electron chi connectivity index (χ2n) is 19.1. The van der Waals surface area contributed by atoms with Gasteiger partial charge in [-0.05, 0) is 106 Å². The van der Waals surface area contributed by atoms with Gasteiger partial charge in [0.05, 0.1) is 18.2 Å². The van der Waals surface area contributed by atoms with Gasteiger partial charge in [0, 0.05) is 36.8 Å². The molecule has 8 atom stereocenters. The van der Waals surface area contributed by atoms with E-state index >= 15 is 0 Å². The SMILES string of the molecule is C[C@@H](O)[C@@H]1NC(=O)[C@H](CCCCNC(=O)OC(C)(C)C)NC(=O)[C@@H](CC2=CCc3ccccc32)NC(=O)[C@H](Cc2ccc(O)cc2)CC(=O)[C@@H](NC(=O)[C@H](N)Cc2ccccc2)CSSC[C@@H](C(=O)O)NC1=O. The number of ether oxygens (including phenoxy) is 1. The summed E-state index contributed by atoms with van der Waals surface area (Å²) in [5.41, 5.74) is 9.51. The number of allylic oxidation sites excluding steroid dienone is 1. The number of aliphatic hydroxyl groups is 1. The first kappa shape index (κ1) is 57.5. The number of hydrogen-bond donors (Lipinski definition) is 10. The van der Waals surface area contributed by atoms with Crippen LogP contribution in [0, 0.1) is 5.92 Å². The molecule has 3 aromatic carbocycles. The molecule has 0 radical (unpaired) electrons. The van der Waals surface area contributed by atoms with Crippen molar-refractivity contribution in [2.24, 2.45) is 11.7 Å². The lowest BCUT2D eigenvalue weighted by atomic mass is 9.90. The van der Waals surface area contributed by atoms with Crippen LogP contribution in [0.5, 0.6) is 5.75 Å². The van der Waals surface area contributed by atoms with Gasteiger partial charge < -0.3 is 57.7 Å². The number of aromatic hydroxyl groups is 1. The highest BCUT2D eigenvalue weighted by atomic mass is 33.1. The van der Waals surface area contributed by atoms with Crippen LogP contribution in [0.3, 0.4) is 0 Å². The van der Waals surface area contributed by atoms with Crippen LogP contribution in [0.15, 0.2) is 84.9 Å². The number of rotatable bonds is 15. The number of aliphatic carboxylic acids is 1. The number of fused-ring (bicyclic) bond motifs is 1. The second-order valence-corrected chi connectivity index (χ2v) is 21.7. The Morgan fingerprint density at radius 1 is 0.795 bits per heavy atom. The number of carboxylic acids is 1. The summed E-state index contributed by atoms with van der Waals surface area (Å²) >= 11 is 0. The van der Waals surface area contributed by atoms with Gasteiger partial charge in [0.1, 0.15) is 35.5 Å². The first-order chi connectivity index (χ1) is 34.7. The standard InChI is InChI=1S/C52H67N7O12S2/c1-30(60)44-49(67)58-42(50(68)69)29-73-72-28-41(57-46(64)38(53)25-31-12-6-5-7-13-31)43(62)27-35(24-32-17-21-36(61)22-18-32)45(63)56-40(26-34-20-19-33-14-8-9-15-37(33)34)48(66)55-39(47(65)59-44)16-10-11-23-54-51(70)71-52(2,3)4/h5-9,12-15,17-18,20-22,30,35,38-42,44,60-61H,10-11,16,19,23-29,53H2,1-4H3,(H,54,70)(H,55,66)(H,56,63)(H,57,64)(H,58,67)(H,59,65)(H,68,69)/t30-,35-,38-,39+,40-,41+,42+,44+/m1/s1. The van der Waals surface area contributed by atoms with Crippen molar-refractivity contribution in [3.05, 3.63) is 107 Å². The fourth-order valence-corrected chi connectivity index (χ4v) is 10.5. The van der Waals surface area contributed by atoms with Gasteiger partial charge in [-0.1, -0.05) is 94.4 Å². The van der Waals surface area contributed by atoms with Crippen molar-refractivity contribution < 1.29 is 58.4 Å². The molecular formula is C52H67N7O12S2. The van der Waals surface area contributed by atoms with Gasteiger partial charge >= 0.3 is 12.1 Å². The van der Waals surface area contributed by atoms with E-state index in [0.717, 1.165) is 43.9 Å². The van der Waals surface area contributed by atoms with Crippen molar-refractivity contribution in [2.45, 2.75) is 127 Å². The van der Waals surface area contributed by atoms with E-state index < -0.39 is 108 Å². The molecule has 73 heavy (non-hydrogen) atoms. The Morgan fingerprint density at radius 3 is 2.14 bits per heavy atom. The minimum Gasteiger partial charge on any atom is -0.508 e. The normalized spacial score (nSPS) is 22.4. The van der Waals surface area contributed by atoms with Crippen molar-refractivity contribution >= 4 is 74.5 Å². The Morgan fingerprint density at radius 2 is 1.45 bits per heavy atom. The maximum absolute atomic E-state index is 14.8. The van der Waals surface area contributed by atoms with Crippen LogP contribution < -0.4 is 37.6 Å². The van der Waals surface area contributed by atoms with E-state index in [4.69, 9.17) is 10.5 Å². The molecule has 21 heteroatoms. The van der Waals surface area contributed by atoms with E-state index in [-0.39, 0.29) is 55.9 Å². The molecule has 0 saturated carbocycles. The minimum absolute atomic E-state index is 0.0335. The molecule has 0 unspecified atom stereocenters. The van der Waals surface area contributed by atoms with E-state index in [1.807, 2.05) is 36.4 Å². The zero-order valence-corrected chi connectivity index (χ0v) is 43.0. The number of hydrogen-bond acceptors (Lipinski definition) is 14. The summed E-state index contributed by atoms with van der Waals surface area (Å²) in [5.74, 6) is -7.69. The first-order valence-electron chi connectivity index (χ1n) is 24.2. The number of carboxylic acid groups (broad SMARTS) is 1. The Hall–Kier alpha value is -6.42. The number of aliphatic hydroxyl groups excluding tert-OH is 1. The Kier molecular flexibility index (Phi) is 21.7. The monoisotopic (exact) mass is 1050 g/mol. The lowest BCUT2D eigenvalue weighted by Gasteiger charge is -2.28. The van der Waals surface area contributed by atoms with E-state index in [1.54, 1.807) is 57.2 Å². The molecule has 1 saturated heterocycles. The number of ketones is 1. The molecule has 19 nitrogen and oxygen atoms in total. The Balaban J connectivity index is 1.52. The predicted octanol–water partition coefficient (Wildman–Crippen LogP) is 3.09. The molecule has 1 fully saturated rings. The molecule has 1 heterocycles. The minimum atomic E-state index is -1.69. The number of phenols is 1. The van der Waals surface area contributed by atoms with Crippen molar-refractivity contribution in [1.29, 1.82) is 0 Å². The molecule has 6 amide bonds. The number of alkyl carbamates (subject to hydrolysis) is 1. The Bertz CT molecular complexity index is 2450. The second kappa shape index (κ2) is 27.6. The Labute approximate surface area is 432 Å². The number of amides is 6. The zero-order valence-electron chi connectivity index (χ0n) is 41.4. The van der Waals surface area contributed by atoms with Crippen molar-refractivity contribution in [3.63, 3.8) is 0 Å². The number of benzene rings is 3. The van der Waals surface area contributed by atoms with Gasteiger partial charge in [-0.25, -0.2) is 9.59 Å². The average Bonchev–Trinajstić information content (AvgIpc) is 3.74. The van der Waals surface area contributed by atoms with Gasteiger partial charge in [0.25, 0.3) is 0 Å². The largest absolute Gasteiger partial charge is 0.508 e. The summed E-state index contributed by atoms with van der Waals surface area (Å²) in [6, 6.07) is 14.3. The molecule has 0 bridgehead atoms. The highest BCUT2D eigenvalue weighted by molar-refractivity contribution is 8.76. The van der Waals surface area contributed by atoms with E-state index in [0.29, 0.717) is 18.4 Å². The molecular weight excluding hydrogens is 979 g/mol. The molecule has 0 aromatic heterocycles. The van der Waals surface area contributed by atoms with Crippen molar-refractivity contribution in [3.8, 4) is 5.75 Å². The van der Waals surface area contributed by atoms with E-state index in [2.05, 4.69) is 31.9 Å². The van der Waals surface area contributed by atoms with Gasteiger partial charge in [0.2, 0.25) is 29.5 Å². The van der Waals surface area contributed by atoms with Crippen LogP contribution in [0.1, 0.15) is 82.1 Å². The third-order valence-corrected chi connectivity index (χ3v) is 14.4.